The van der Waals surface area contributed by atoms with Crippen molar-refractivity contribution in [2.45, 2.75) is 6.04 Å². The summed E-state index contributed by atoms with van der Waals surface area (Å²) in [5.74, 6) is 0.695. The van der Waals surface area contributed by atoms with E-state index in [1.165, 1.54) is 0 Å². The SMILES string of the molecule is CSCSC[C@H](CO)NC(N)=O. The molecule has 72 valence electrons. The average molecular weight is 210 g/mol. The molecule has 0 aromatic carbocycles. The van der Waals surface area contributed by atoms with E-state index in [2.05, 4.69) is 5.32 Å². The van der Waals surface area contributed by atoms with E-state index in [9.17, 15) is 4.79 Å². The van der Waals surface area contributed by atoms with Gasteiger partial charge in [-0.15, -0.1) is 11.8 Å². The molecule has 2 amide bonds. The fraction of sp³-hybridized carbons (Fsp3) is 0.833. The molecule has 12 heavy (non-hydrogen) atoms. The second-order valence-corrected chi connectivity index (χ2v) is 4.43. The van der Waals surface area contributed by atoms with Crippen LogP contribution < -0.4 is 11.1 Å². The zero-order valence-corrected chi connectivity index (χ0v) is 8.58. The predicted octanol–water partition coefficient (Wildman–Crippen LogP) is 0.0693. The van der Waals surface area contributed by atoms with Crippen molar-refractivity contribution in [1.82, 2.24) is 5.32 Å². The maximum Gasteiger partial charge on any atom is 0.312 e. The fourth-order valence-corrected chi connectivity index (χ4v) is 2.14. The lowest BCUT2D eigenvalue weighted by atomic mass is 10.4. The van der Waals surface area contributed by atoms with E-state index < -0.39 is 6.03 Å². The largest absolute Gasteiger partial charge is 0.394 e. The highest BCUT2D eigenvalue weighted by Crippen LogP contribution is 2.09. The van der Waals surface area contributed by atoms with Crippen LogP contribution in [0.5, 0.6) is 0 Å². The van der Waals surface area contributed by atoms with Gasteiger partial charge in [0.15, 0.2) is 0 Å². The number of aliphatic hydroxyl groups excluding tert-OH is 1. The summed E-state index contributed by atoms with van der Waals surface area (Å²) in [6.07, 6.45) is 2.00. The van der Waals surface area contributed by atoms with Crippen LogP contribution in [0.25, 0.3) is 0 Å². The first-order valence-corrected chi connectivity index (χ1v) is 5.99. The van der Waals surface area contributed by atoms with Gasteiger partial charge in [-0.25, -0.2) is 4.79 Å². The lowest BCUT2D eigenvalue weighted by Gasteiger charge is -2.13. The van der Waals surface area contributed by atoms with Gasteiger partial charge in [-0.2, -0.15) is 11.8 Å². The van der Waals surface area contributed by atoms with Gasteiger partial charge in [-0.05, 0) is 6.26 Å². The van der Waals surface area contributed by atoms with Gasteiger partial charge in [0.05, 0.1) is 12.6 Å². The number of thioether (sulfide) groups is 2. The van der Waals surface area contributed by atoms with Crippen molar-refractivity contribution in [1.29, 1.82) is 0 Å². The Balaban J connectivity index is 3.46. The number of aliphatic hydroxyl groups is 1. The number of hydrogen-bond donors (Lipinski definition) is 3. The minimum absolute atomic E-state index is 0.0652. The summed E-state index contributed by atoms with van der Waals surface area (Å²) in [5, 5.41) is 12.2. The lowest BCUT2D eigenvalue weighted by Crippen LogP contribution is -2.42. The predicted molar refractivity (Wildman–Crippen MR) is 54.4 cm³/mol. The zero-order chi connectivity index (χ0) is 9.40. The molecule has 0 saturated heterocycles. The van der Waals surface area contributed by atoms with Crippen LogP contribution in [0.1, 0.15) is 0 Å². The Hall–Kier alpha value is -0.0700. The van der Waals surface area contributed by atoms with Crippen LogP contribution in [0.15, 0.2) is 0 Å². The Kier molecular flexibility index (Phi) is 7.53. The second-order valence-electron chi connectivity index (χ2n) is 2.17. The van der Waals surface area contributed by atoms with E-state index >= 15 is 0 Å². The molecule has 0 aromatic heterocycles. The molecule has 0 heterocycles. The third kappa shape index (κ3) is 6.63. The highest BCUT2D eigenvalue weighted by Gasteiger charge is 2.07. The van der Waals surface area contributed by atoms with Crippen molar-refractivity contribution in [2.75, 3.05) is 23.7 Å². The normalized spacial score (nSPS) is 12.5. The molecule has 0 saturated carbocycles. The number of primary amides is 1. The molecule has 6 heteroatoms. The molecule has 0 aliphatic rings. The number of hydrogen-bond acceptors (Lipinski definition) is 4. The summed E-state index contributed by atoms with van der Waals surface area (Å²) in [4.78, 5) is 10.4. The summed E-state index contributed by atoms with van der Waals surface area (Å²) in [7, 11) is 0. The molecule has 1 atom stereocenters. The van der Waals surface area contributed by atoms with E-state index in [1.807, 2.05) is 6.26 Å². The van der Waals surface area contributed by atoms with Crippen LogP contribution in [0.4, 0.5) is 4.79 Å². The molecule has 0 spiro atoms. The standard InChI is InChI=1S/C6H14N2O2S2/c1-11-4-12-3-5(2-9)8-6(7)10/h5,9H,2-4H2,1H3,(H3,7,8,10)/t5-/m0/s1. The Bertz CT molecular complexity index is 135. The number of nitrogens with two attached hydrogens (primary N) is 1. The number of carbonyl (C=O) groups is 1. The lowest BCUT2D eigenvalue weighted by molar-refractivity contribution is 0.228. The highest BCUT2D eigenvalue weighted by molar-refractivity contribution is 8.15. The molecule has 0 fully saturated rings. The van der Waals surface area contributed by atoms with E-state index in [0.717, 1.165) is 5.08 Å². The molecule has 4 N–H and O–H groups in total. The maximum atomic E-state index is 10.4. The first-order valence-electron chi connectivity index (χ1n) is 3.44. The molecule has 0 unspecified atom stereocenters. The van der Waals surface area contributed by atoms with Gasteiger partial charge in [0.1, 0.15) is 0 Å². The van der Waals surface area contributed by atoms with Gasteiger partial charge in [0, 0.05) is 10.8 Å². The average Bonchev–Trinajstić information content (AvgIpc) is 2.02. The molecular weight excluding hydrogens is 196 g/mol. The van der Waals surface area contributed by atoms with Crippen molar-refractivity contribution in [3.05, 3.63) is 0 Å². The number of urea groups is 1. The van der Waals surface area contributed by atoms with Gasteiger partial charge in [-0.3, -0.25) is 0 Å². The van der Waals surface area contributed by atoms with Gasteiger partial charge in [0.2, 0.25) is 0 Å². The molecule has 4 nitrogen and oxygen atoms in total. The summed E-state index contributed by atoms with van der Waals surface area (Å²) in [5.41, 5.74) is 4.90. The highest BCUT2D eigenvalue weighted by atomic mass is 32.2. The Labute approximate surface area is 80.7 Å². The first kappa shape index (κ1) is 11.9. The third-order valence-corrected chi connectivity index (χ3v) is 3.33. The monoisotopic (exact) mass is 210 g/mol. The van der Waals surface area contributed by atoms with Crippen molar-refractivity contribution < 1.29 is 9.90 Å². The van der Waals surface area contributed by atoms with Gasteiger partial charge in [0.25, 0.3) is 0 Å². The first-order chi connectivity index (χ1) is 5.70. The van der Waals surface area contributed by atoms with Crippen molar-refractivity contribution >= 4 is 29.6 Å². The van der Waals surface area contributed by atoms with Crippen LogP contribution in [0, 0.1) is 0 Å². The number of carbonyl (C=O) groups excluding carboxylic acids is 1. The molecule has 0 aromatic rings. The minimum atomic E-state index is -0.584. The maximum absolute atomic E-state index is 10.4. The van der Waals surface area contributed by atoms with Crippen molar-refractivity contribution in [2.24, 2.45) is 5.73 Å². The summed E-state index contributed by atoms with van der Waals surface area (Å²) >= 11 is 3.37. The van der Waals surface area contributed by atoms with Crippen LogP contribution in [0.3, 0.4) is 0 Å². The molecule has 0 bridgehead atoms. The van der Waals surface area contributed by atoms with E-state index in [0.29, 0.717) is 5.75 Å². The second kappa shape index (κ2) is 7.57. The molecular formula is C6H14N2O2S2. The van der Waals surface area contributed by atoms with E-state index in [1.54, 1.807) is 23.5 Å². The number of amides is 2. The quantitative estimate of drug-likeness (QED) is 0.428. The topological polar surface area (TPSA) is 75.3 Å². The Morgan fingerprint density at radius 3 is 2.83 bits per heavy atom. The zero-order valence-electron chi connectivity index (χ0n) is 6.95. The van der Waals surface area contributed by atoms with E-state index in [4.69, 9.17) is 10.8 Å². The minimum Gasteiger partial charge on any atom is -0.394 e. The third-order valence-electron chi connectivity index (χ3n) is 1.09. The van der Waals surface area contributed by atoms with Crippen LogP contribution >= 0.6 is 23.5 Å². The Morgan fingerprint density at radius 2 is 2.42 bits per heavy atom. The number of nitrogens with one attached hydrogen (secondary N) is 1. The van der Waals surface area contributed by atoms with E-state index in [-0.39, 0.29) is 12.6 Å². The summed E-state index contributed by atoms with van der Waals surface area (Å²) in [6.45, 7) is -0.0652. The van der Waals surface area contributed by atoms with Crippen molar-refractivity contribution in [3.8, 4) is 0 Å². The molecule has 0 rings (SSSR count). The van der Waals surface area contributed by atoms with Gasteiger partial charge < -0.3 is 16.2 Å². The molecule has 0 aliphatic heterocycles. The summed E-state index contributed by atoms with van der Waals surface area (Å²) in [6, 6.07) is -0.807. The van der Waals surface area contributed by atoms with Crippen LogP contribution in [-0.2, 0) is 0 Å². The van der Waals surface area contributed by atoms with Crippen LogP contribution in [0.2, 0.25) is 0 Å². The smallest absolute Gasteiger partial charge is 0.312 e. The summed E-state index contributed by atoms with van der Waals surface area (Å²) < 4.78 is 0. The van der Waals surface area contributed by atoms with Crippen LogP contribution in [-0.4, -0.2) is 40.9 Å². The van der Waals surface area contributed by atoms with Gasteiger partial charge >= 0.3 is 6.03 Å². The van der Waals surface area contributed by atoms with Crippen molar-refractivity contribution in [3.63, 3.8) is 0 Å². The van der Waals surface area contributed by atoms with Gasteiger partial charge in [-0.1, -0.05) is 0 Å². The fourth-order valence-electron chi connectivity index (χ4n) is 0.615. The Morgan fingerprint density at radius 1 is 1.75 bits per heavy atom. The molecule has 0 aliphatic carbocycles. The number of rotatable bonds is 6. The molecule has 0 radical (unpaired) electrons.